The number of ether oxygens (including phenoxy) is 2. The van der Waals surface area contributed by atoms with Crippen LogP contribution in [0.5, 0.6) is 5.75 Å². The fraction of sp³-hybridized carbons (Fsp3) is 0.488. The van der Waals surface area contributed by atoms with E-state index in [1.165, 1.54) is 12.4 Å². The van der Waals surface area contributed by atoms with Gasteiger partial charge >= 0.3 is 12.1 Å². The quantitative estimate of drug-likeness (QED) is 0.159. The number of aromatic carboxylic acids is 1. The smallest absolute Gasteiger partial charge is 0.416 e. The molecule has 1 N–H and O–H groups in total. The first-order chi connectivity index (χ1) is 27.0. The van der Waals surface area contributed by atoms with Crippen LogP contribution in [0.1, 0.15) is 138 Å². The summed E-state index contributed by atoms with van der Waals surface area (Å²) in [6.07, 6.45) is -3.05. The molecule has 7 rings (SSSR count). The van der Waals surface area contributed by atoms with Crippen LogP contribution >= 0.6 is 0 Å². The Balaban J connectivity index is 1.35. The van der Waals surface area contributed by atoms with Crippen molar-refractivity contribution < 1.29 is 45.7 Å². The van der Waals surface area contributed by atoms with Crippen LogP contribution in [-0.4, -0.2) is 52.1 Å². The van der Waals surface area contributed by atoms with Crippen molar-refractivity contribution in [2.24, 2.45) is 5.41 Å². The number of carboxylic acids is 1. The molecule has 1 saturated heterocycles. The maximum absolute atomic E-state index is 17.7. The summed E-state index contributed by atoms with van der Waals surface area (Å²) >= 11 is 0. The Kier molecular flexibility index (Phi) is 11.3. The number of anilines is 1. The fourth-order valence-electron chi connectivity index (χ4n) is 8.69. The molecule has 304 valence electrons. The third-order valence-corrected chi connectivity index (χ3v) is 11.7. The van der Waals surface area contributed by atoms with Gasteiger partial charge in [0, 0.05) is 61.1 Å². The van der Waals surface area contributed by atoms with E-state index in [2.05, 4.69) is 23.8 Å². The highest BCUT2D eigenvalue weighted by atomic mass is 19.4. The van der Waals surface area contributed by atoms with Crippen molar-refractivity contribution in [3.63, 3.8) is 0 Å². The molecule has 2 fully saturated rings. The molecule has 0 spiro atoms. The third kappa shape index (κ3) is 8.90. The van der Waals surface area contributed by atoms with E-state index in [9.17, 15) is 31.9 Å². The van der Waals surface area contributed by atoms with Crippen LogP contribution in [0, 0.1) is 5.41 Å². The predicted octanol–water partition coefficient (Wildman–Crippen LogP) is 10.6. The Morgan fingerprint density at radius 2 is 1.56 bits per heavy atom. The number of rotatable bonds is 10. The van der Waals surface area contributed by atoms with Gasteiger partial charge in [0.2, 0.25) is 11.9 Å². The summed E-state index contributed by atoms with van der Waals surface area (Å²) < 4.78 is 100. The first kappa shape index (κ1) is 40.5. The van der Waals surface area contributed by atoms with Crippen LogP contribution < -0.4 is 9.64 Å². The molecule has 2 unspecified atom stereocenters. The van der Waals surface area contributed by atoms with E-state index in [4.69, 9.17) is 14.5 Å². The summed E-state index contributed by atoms with van der Waals surface area (Å²) in [7, 11) is 1.58. The zero-order valence-corrected chi connectivity index (χ0v) is 32.1. The number of carboxylic acid groups (broad SMARTS) is 1. The lowest BCUT2D eigenvalue weighted by molar-refractivity contribution is -0.137. The molecule has 1 aliphatic heterocycles. The van der Waals surface area contributed by atoms with Crippen molar-refractivity contribution >= 4 is 11.9 Å². The monoisotopic (exact) mass is 796 g/mol. The van der Waals surface area contributed by atoms with Gasteiger partial charge in [-0.25, -0.2) is 27.9 Å². The lowest BCUT2D eigenvalue weighted by Gasteiger charge is -2.42. The Morgan fingerprint density at radius 3 is 2.14 bits per heavy atom. The van der Waals surface area contributed by atoms with Gasteiger partial charge in [-0.05, 0) is 90.8 Å². The average Bonchev–Trinajstić information content (AvgIpc) is 3.18. The minimum Gasteiger partial charge on any atom is -0.497 e. The summed E-state index contributed by atoms with van der Waals surface area (Å²) in [6, 6.07) is 11.5. The molecule has 2 aromatic heterocycles. The van der Waals surface area contributed by atoms with Gasteiger partial charge in [-0.3, -0.25) is 4.98 Å². The number of benzene rings is 2. The van der Waals surface area contributed by atoms with E-state index in [1.807, 2.05) is 29.2 Å². The molecule has 0 amide bonds. The Bertz CT molecular complexity index is 2040. The minimum absolute atomic E-state index is 0.0181. The van der Waals surface area contributed by atoms with Crippen LogP contribution in [0.4, 0.5) is 32.3 Å². The normalized spacial score (nSPS) is 20.5. The van der Waals surface area contributed by atoms with Gasteiger partial charge in [0.25, 0.3) is 0 Å². The summed E-state index contributed by atoms with van der Waals surface area (Å²) in [5, 5.41) is 9.29. The number of fused-ring (bicyclic) bond motifs is 1. The molecule has 0 radical (unpaired) electrons. The van der Waals surface area contributed by atoms with E-state index in [-0.39, 0.29) is 60.3 Å². The molecule has 2 atom stereocenters. The molecule has 1 saturated carbocycles. The SMILES string of the molecule is COc1ccc(COC2CC(C)(C)Cc3nc(C4CCN(c5ncc(C(=O)O)cn5)CC4)c(C(F)c4ccc(C(F)(F)F)cc4)c(C4CCC(F)(F)CC4)c32)cc1. The third-order valence-electron chi connectivity index (χ3n) is 11.7. The zero-order valence-electron chi connectivity index (χ0n) is 32.1. The highest BCUT2D eigenvalue weighted by molar-refractivity contribution is 5.86. The molecular weight excluding hydrogens is 750 g/mol. The molecule has 2 aliphatic carbocycles. The van der Waals surface area contributed by atoms with Crippen LogP contribution in [0.15, 0.2) is 60.9 Å². The highest BCUT2D eigenvalue weighted by Gasteiger charge is 2.44. The lowest BCUT2D eigenvalue weighted by Crippen LogP contribution is -2.36. The molecule has 2 aromatic carbocycles. The average molecular weight is 797 g/mol. The molecule has 3 aliphatic rings. The van der Waals surface area contributed by atoms with E-state index < -0.39 is 41.8 Å². The van der Waals surface area contributed by atoms with Gasteiger partial charge in [0.1, 0.15) is 5.75 Å². The van der Waals surface area contributed by atoms with Crippen molar-refractivity contribution in [3.05, 3.63) is 111 Å². The molecule has 3 heterocycles. The standard InChI is InChI=1S/C43H46F6N4O4/c1-41(2)20-32-35(33(21-41)57-24-25-4-10-31(56-3)11-5-25)34(26-12-16-42(45,46)17-13-26)36(37(44)27-6-8-30(9-7-27)43(47,48)49)38(52-32)28-14-18-53(19-15-28)40-50-22-29(23-51-40)39(54)55/h4-11,22-23,26,28,33,37H,12-21,24H2,1-3H3,(H,54,55). The number of piperidine rings is 1. The number of halogens is 6. The van der Waals surface area contributed by atoms with Crippen molar-refractivity contribution in [2.75, 3.05) is 25.1 Å². The second-order valence-corrected chi connectivity index (χ2v) is 16.3. The first-order valence-electron chi connectivity index (χ1n) is 19.3. The Hall–Kier alpha value is -4.72. The highest BCUT2D eigenvalue weighted by Crippen LogP contribution is 2.53. The van der Waals surface area contributed by atoms with Crippen LogP contribution in [0.2, 0.25) is 0 Å². The number of aromatic nitrogens is 3. The Morgan fingerprint density at radius 1 is 0.930 bits per heavy atom. The van der Waals surface area contributed by atoms with Crippen LogP contribution in [-0.2, 0) is 23.9 Å². The number of nitrogens with zero attached hydrogens (tertiary/aromatic N) is 4. The largest absolute Gasteiger partial charge is 0.497 e. The molecule has 57 heavy (non-hydrogen) atoms. The van der Waals surface area contributed by atoms with Gasteiger partial charge in [-0.1, -0.05) is 38.1 Å². The number of hydrogen-bond donors (Lipinski definition) is 1. The number of hydrogen-bond acceptors (Lipinski definition) is 7. The second-order valence-electron chi connectivity index (χ2n) is 16.3. The fourth-order valence-corrected chi connectivity index (χ4v) is 8.69. The number of alkyl halides is 6. The van der Waals surface area contributed by atoms with Crippen molar-refractivity contribution in [2.45, 2.75) is 108 Å². The van der Waals surface area contributed by atoms with Gasteiger partial charge in [-0.2, -0.15) is 13.2 Å². The molecule has 14 heteroatoms. The topological polar surface area (TPSA) is 97.7 Å². The van der Waals surface area contributed by atoms with E-state index >= 15 is 4.39 Å². The first-order valence-corrected chi connectivity index (χ1v) is 19.3. The summed E-state index contributed by atoms with van der Waals surface area (Å²) in [5.41, 5.74) is 2.42. The van der Waals surface area contributed by atoms with E-state index in [0.717, 1.165) is 35.5 Å². The molecule has 4 aromatic rings. The minimum atomic E-state index is -4.62. The van der Waals surface area contributed by atoms with E-state index in [1.54, 1.807) is 7.11 Å². The molecule has 8 nitrogen and oxygen atoms in total. The summed E-state index contributed by atoms with van der Waals surface area (Å²) in [5.74, 6) is -3.72. The van der Waals surface area contributed by atoms with Gasteiger partial charge in [-0.15, -0.1) is 0 Å². The van der Waals surface area contributed by atoms with Crippen LogP contribution in [0.25, 0.3) is 0 Å². The Labute approximate surface area is 327 Å². The number of carbonyl (C=O) groups is 1. The van der Waals surface area contributed by atoms with Crippen molar-refractivity contribution in [1.29, 1.82) is 0 Å². The van der Waals surface area contributed by atoms with Crippen molar-refractivity contribution in [3.8, 4) is 5.75 Å². The molecule has 0 bridgehead atoms. The zero-order chi connectivity index (χ0) is 40.7. The second kappa shape index (κ2) is 15.9. The lowest BCUT2D eigenvalue weighted by atomic mass is 9.68. The van der Waals surface area contributed by atoms with Gasteiger partial charge in [0.15, 0.2) is 6.17 Å². The maximum Gasteiger partial charge on any atom is 0.416 e. The van der Waals surface area contributed by atoms with Gasteiger partial charge in [0.05, 0.1) is 36.6 Å². The number of methoxy groups -OCH3 is 1. The summed E-state index contributed by atoms with van der Waals surface area (Å²) in [6.45, 7) is 5.33. The molecular formula is C43H46F6N4O4. The predicted molar refractivity (Wildman–Crippen MR) is 201 cm³/mol. The van der Waals surface area contributed by atoms with E-state index in [0.29, 0.717) is 67.3 Å². The summed E-state index contributed by atoms with van der Waals surface area (Å²) in [4.78, 5) is 27.1. The maximum atomic E-state index is 17.7. The van der Waals surface area contributed by atoms with Crippen molar-refractivity contribution in [1.82, 2.24) is 15.0 Å². The van der Waals surface area contributed by atoms with Gasteiger partial charge < -0.3 is 19.5 Å². The number of pyridine rings is 1. The van der Waals surface area contributed by atoms with Crippen LogP contribution in [0.3, 0.4) is 0 Å².